The minimum atomic E-state index is -1.10. The molecule has 0 radical (unpaired) electrons. The molecule has 37 heavy (non-hydrogen) atoms. The molecule has 0 unspecified atom stereocenters. The molecule has 1 N–H and O–H groups in total. The van der Waals surface area contributed by atoms with Gasteiger partial charge in [-0.25, -0.2) is 4.79 Å². The molecule has 0 spiro atoms. The molecule has 0 bridgehead atoms. The molecule has 0 amide bonds. The Morgan fingerprint density at radius 2 is 1.59 bits per heavy atom. The van der Waals surface area contributed by atoms with Crippen molar-refractivity contribution in [1.29, 1.82) is 0 Å². The zero-order valence-corrected chi connectivity index (χ0v) is 24.1. The predicted molar refractivity (Wildman–Crippen MR) is 143 cm³/mol. The lowest BCUT2D eigenvalue weighted by molar-refractivity contribution is -0.177. The molecule has 3 fully saturated rings. The van der Waals surface area contributed by atoms with Gasteiger partial charge in [-0.1, -0.05) is 66.2 Å². The van der Waals surface area contributed by atoms with Crippen LogP contribution in [-0.4, -0.2) is 29.9 Å². The molecule has 5 aliphatic carbocycles. The van der Waals surface area contributed by atoms with E-state index in [1.165, 1.54) is 12.7 Å². The van der Waals surface area contributed by atoms with Crippen molar-refractivity contribution in [1.82, 2.24) is 0 Å². The van der Waals surface area contributed by atoms with Crippen molar-refractivity contribution in [3.63, 3.8) is 0 Å². The summed E-state index contributed by atoms with van der Waals surface area (Å²) < 4.78 is 5.45. The van der Waals surface area contributed by atoms with E-state index in [0.29, 0.717) is 0 Å². The number of methoxy groups -OCH3 is 1. The lowest BCUT2D eigenvalue weighted by Gasteiger charge is -2.69. The Labute approximate surface area is 222 Å². The van der Waals surface area contributed by atoms with Crippen molar-refractivity contribution in [3.8, 4) is 0 Å². The van der Waals surface area contributed by atoms with Crippen LogP contribution in [-0.2, 0) is 19.1 Å². The molecular formula is C32H46O5. The van der Waals surface area contributed by atoms with Gasteiger partial charge in [0.1, 0.15) is 0 Å². The third-order valence-electron chi connectivity index (χ3n) is 12.8. The summed E-state index contributed by atoms with van der Waals surface area (Å²) in [4.78, 5) is 38.8. The van der Waals surface area contributed by atoms with E-state index >= 15 is 0 Å². The second kappa shape index (κ2) is 7.82. The second-order valence-corrected chi connectivity index (χ2v) is 15.1. The van der Waals surface area contributed by atoms with Gasteiger partial charge < -0.3 is 9.84 Å². The highest BCUT2D eigenvalue weighted by Crippen LogP contribution is 2.75. The van der Waals surface area contributed by atoms with Crippen LogP contribution in [0.3, 0.4) is 0 Å². The van der Waals surface area contributed by atoms with Gasteiger partial charge in [0, 0.05) is 5.41 Å². The van der Waals surface area contributed by atoms with Crippen molar-refractivity contribution in [2.24, 2.45) is 50.2 Å². The fourth-order valence-electron chi connectivity index (χ4n) is 10.5. The van der Waals surface area contributed by atoms with E-state index in [1.807, 2.05) is 19.9 Å². The largest absolute Gasteiger partial charge is 0.478 e. The van der Waals surface area contributed by atoms with Crippen molar-refractivity contribution in [2.75, 3.05) is 7.11 Å². The van der Waals surface area contributed by atoms with Gasteiger partial charge in [-0.2, -0.15) is 0 Å². The highest BCUT2D eigenvalue weighted by atomic mass is 16.5. The quantitative estimate of drug-likeness (QED) is 0.252. The number of esters is 1. The summed E-state index contributed by atoms with van der Waals surface area (Å²) in [5, 5.41) is 9.98. The number of allylic oxidation sites excluding steroid dienone is 3. The summed E-state index contributed by atoms with van der Waals surface area (Å²) in [6.45, 7) is 15.7. The monoisotopic (exact) mass is 510 g/mol. The number of hydrogen-bond donors (Lipinski definition) is 1. The average Bonchev–Trinajstić information content (AvgIpc) is 2.81. The maximum Gasteiger partial charge on any atom is 0.339 e. The first-order chi connectivity index (χ1) is 17.0. The van der Waals surface area contributed by atoms with Gasteiger partial charge in [0.15, 0.2) is 5.78 Å². The van der Waals surface area contributed by atoms with Crippen molar-refractivity contribution < 1.29 is 24.2 Å². The first kappa shape index (κ1) is 26.7. The number of Topliss-reactive ketones (excluding diaryl/α,β-unsaturated/α-hetero) is 1. The van der Waals surface area contributed by atoms with Crippen LogP contribution in [0.15, 0.2) is 23.3 Å². The minimum absolute atomic E-state index is 0.0321. The van der Waals surface area contributed by atoms with E-state index in [-0.39, 0.29) is 56.7 Å². The van der Waals surface area contributed by atoms with E-state index in [9.17, 15) is 19.5 Å². The number of rotatable bonds is 2. The van der Waals surface area contributed by atoms with Crippen molar-refractivity contribution in [2.45, 2.75) is 99.8 Å². The van der Waals surface area contributed by atoms with E-state index in [1.54, 1.807) is 0 Å². The Kier molecular flexibility index (Phi) is 5.64. The molecule has 3 saturated carbocycles. The number of ether oxygens (including phenoxy) is 1. The van der Waals surface area contributed by atoms with Gasteiger partial charge in [-0.3, -0.25) is 9.59 Å². The van der Waals surface area contributed by atoms with Gasteiger partial charge in [0.05, 0.1) is 18.1 Å². The van der Waals surface area contributed by atoms with Crippen LogP contribution in [0.4, 0.5) is 0 Å². The molecule has 5 nitrogen and oxygen atoms in total. The molecule has 0 heterocycles. The summed E-state index contributed by atoms with van der Waals surface area (Å²) in [6.07, 6.45) is 11.8. The zero-order chi connectivity index (χ0) is 27.4. The third-order valence-corrected chi connectivity index (χ3v) is 12.8. The van der Waals surface area contributed by atoms with Crippen LogP contribution in [0.25, 0.3) is 0 Å². The predicted octanol–water partition coefficient (Wildman–Crippen LogP) is 6.76. The molecule has 0 saturated heterocycles. The fourth-order valence-corrected chi connectivity index (χ4v) is 10.5. The number of ketones is 1. The van der Waals surface area contributed by atoms with Crippen LogP contribution in [0.5, 0.6) is 0 Å². The summed E-state index contributed by atoms with van der Waals surface area (Å²) in [5.74, 6) is -0.849. The number of aliphatic carboxylic acids is 1. The van der Waals surface area contributed by atoms with Crippen molar-refractivity contribution in [3.05, 3.63) is 23.3 Å². The number of carboxylic acids is 1. The smallest absolute Gasteiger partial charge is 0.339 e. The van der Waals surface area contributed by atoms with E-state index in [2.05, 4.69) is 40.7 Å². The third kappa shape index (κ3) is 3.24. The summed E-state index contributed by atoms with van der Waals surface area (Å²) in [6, 6.07) is 0. The van der Waals surface area contributed by atoms with E-state index in [0.717, 1.165) is 51.4 Å². The lowest BCUT2D eigenvalue weighted by Crippen LogP contribution is -2.64. The van der Waals surface area contributed by atoms with E-state index < -0.39 is 16.8 Å². The van der Waals surface area contributed by atoms with Gasteiger partial charge >= 0.3 is 11.9 Å². The molecule has 0 aromatic carbocycles. The number of carbonyl (C=O) groups excluding carboxylic acids is 2. The standard InChI is InChI=1S/C32H46O5/c1-27(2)13-15-32(26(36)37-8)16-14-30(6)20(21(32)18-27)9-10-23-29(5)17-19(25(34)35)24(33)28(3,4)22(29)11-12-31(23,30)7/h9,17,21-23H,10-16,18H2,1-8H3,(H,34,35)/t21-,22-,23+,29-,30+,31+,32-/m0/s1. The molecule has 204 valence electrons. The lowest BCUT2D eigenvalue weighted by atomic mass is 9.34. The first-order valence-corrected chi connectivity index (χ1v) is 14.3. The molecule has 5 heteroatoms. The Balaban J connectivity index is 1.66. The number of fused-ring (bicyclic) bond motifs is 7. The van der Waals surface area contributed by atoms with Crippen molar-refractivity contribution >= 4 is 17.7 Å². The Morgan fingerprint density at radius 3 is 2.22 bits per heavy atom. The van der Waals surface area contributed by atoms with Crippen LogP contribution >= 0.6 is 0 Å². The van der Waals surface area contributed by atoms with Crippen LogP contribution in [0.1, 0.15) is 99.8 Å². The zero-order valence-electron chi connectivity index (χ0n) is 24.1. The maximum atomic E-state index is 13.4. The molecule has 5 rings (SSSR count). The Morgan fingerprint density at radius 1 is 0.946 bits per heavy atom. The highest BCUT2D eigenvalue weighted by molar-refractivity contribution is 6.19. The van der Waals surface area contributed by atoms with Gasteiger partial charge in [0.2, 0.25) is 0 Å². The van der Waals surface area contributed by atoms with Crippen LogP contribution in [0.2, 0.25) is 0 Å². The first-order valence-electron chi connectivity index (χ1n) is 14.3. The highest BCUT2D eigenvalue weighted by Gasteiger charge is 2.69. The summed E-state index contributed by atoms with van der Waals surface area (Å²) in [5.41, 5.74) is -0.0624. The maximum absolute atomic E-state index is 13.4. The fraction of sp³-hybridized carbons (Fsp3) is 0.781. The number of hydrogen-bond acceptors (Lipinski definition) is 4. The summed E-state index contributed by atoms with van der Waals surface area (Å²) >= 11 is 0. The normalized spacial score (nSPS) is 45.7. The summed E-state index contributed by atoms with van der Waals surface area (Å²) in [7, 11) is 1.54. The van der Waals surface area contributed by atoms with Gasteiger partial charge in [-0.15, -0.1) is 0 Å². The van der Waals surface area contributed by atoms with Gasteiger partial charge in [0.25, 0.3) is 0 Å². The number of carboxylic acid groups (broad SMARTS) is 1. The van der Waals surface area contributed by atoms with Gasteiger partial charge in [-0.05, 0) is 90.8 Å². The molecular weight excluding hydrogens is 464 g/mol. The van der Waals surface area contributed by atoms with E-state index in [4.69, 9.17) is 4.74 Å². The minimum Gasteiger partial charge on any atom is -0.478 e. The second-order valence-electron chi connectivity index (χ2n) is 15.1. The number of carbonyl (C=O) groups is 3. The molecule has 7 atom stereocenters. The average molecular weight is 511 g/mol. The topological polar surface area (TPSA) is 80.7 Å². The molecule has 0 aromatic rings. The Bertz CT molecular complexity index is 1130. The molecule has 0 aliphatic heterocycles. The van der Waals surface area contributed by atoms with Crippen LogP contribution in [0, 0.1) is 50.2 Å². The molecule has 5 aliphatic rings. The molecule has 0 aromatic heterocycles. The van der Waals surface area contributed by atoms with Crippen LogP contribution < -0.4 is 0 Å². The Hall–Kier alpha value is -1.91. The SMILES string of the molecule is COC(=O)[C@]12CCC(C)(C)C[C@H]1C1=CC[C@@H]3[C@@]4(C)C=C(C(=O)O)C(=O)C(C)(C)[C@@H]4CC[C@@]3(C)[C@]1(C)CC2.